The van der Waals surface area contributed by atoms with Crippen molar-refractivity contribution in [1.29, 1.82) is 0 Å². The average molecular weight is 530 g/mol. The Hall–Kier alpha value is -1.64. The maximum Gasteiger partial charge on any atom is 0.200 e. The number of aromatic nitrogens is 1. The molecule has 0 N–H and O–H groups in total. The summed E-state index contributed by atoms with van der Waals surface area (Å²) in [5.74, 6) is -0.0628. The Morgan fingerprint density at radius 1 is 0.865 bits per heavy atom. The Morgan fingerprint density at radius 2 is 1.49 bits per heavy atom. The van der Waals surface area contributed by atoms with Crippen LogP contribution in [0.2, 0.25) is 0 Å². The first-order chi connectivity index (χ1) is 17.7. The van der Waals surface area contributed by atoms with Crippen LogP contribution >= 0.6 is 7.11 Å². The lowest BCUT2D eigenvalue weighted by atomic mass is 9.94. The molecule has 0 unspecified atom stereocenters. The van der Waals surface area contributed by atoms with Crippen molar-refractivity contribution in [1.82, 2.24) is 4.57 Å². The number of carbonyl (C=O) groups excluding carboxylic acids is 1. The van der Waals surface area contributed by atoms with Gasteiger partial charge in [-0.05, 0) is 69.4 Å². The number of unbranched alkanes of at least 4 members (excludes halogenated alkanes) is 8. The molecule has 4 nitrogen and oxygen atoms in total. The molecule has 0 bridgehead atoms. The zero-order valence-electron chi connectivity index (χ0n) is 24.4. The summed E-state index contributed by atoms with van der Waals surface area (Å²) >= 11 is 0. The van der Waals surface area contributed by atoms with E-state index in [4.69, 9.17) is 4.52 Å². The Morgan fingerprint density at radius 3 is 2.08 bits per heavy atom. The molecule has 2 rings (SSSR count). The van der Waals surface area contributed by atoms with Crippen molar-refractivity contribution in [3.05, 3.63) is 45.2 Å². The van der Waals surface area contributed by atoms with Crippen LogP contribution in [0.15, 0.2) is 23.1 Å². The van der Waals surface area contributed by atoms with Crippen molar-refractivity contribution in [2.24, 2.45) is 0 Å². The third-order valence-electron chi connectivity index (χ3n) is 7.02. The van der Waals surface area contributed by atoms with Gasteiger partial charge in [-0.25, -0.2) is 0 Å². The number of hydrogen-bond donors (Lipinski definition) is 0. The van der Waals surface area contributed by atoms with Crippen molar-refractivity contribution in [2.45, 2.75) is 117 Å². The van der Waals surface area contributed by atoms with Crippen LogP contribution in [0, 0.1) is 0 Å². The fraction of sp³-hybridized carbons (Fsp3) is 0.656. The highest BCUT2D eigenvalue weighted by Gasteiger charge is 2.17. The summed E-state index contributed by atoms with van der Waals surface area (Å²) in [6, 6.07) is 4.31. The molecule has 1 aromatic carbocycles. The maximum absolute atomic E-state index is 13.5. The fourth-order valence-electron chi connectivity index (χ4n) is 5.02. The second kappa shape index (κ2) is 16.4. The topological polar surface area (TPSA) is 48.3 Å². The summed E-state index contributed by atoms with van der Waals surface area (Å²) in [4.78, 5) is 26.4. The Bertz CT molecular complexity index is 1100. The van der Waals surface area contributed by atoms with Crippen molar-refractivity contribution >= 4 is 30.1 Å². The summed E-state index contributed by atoms with van der Waals surface area (Å²) in [7, 11) is -1.61. The van der Waals surface area contributed by atoms with Gasteiger partial charge in [0.2, 0.25) is 0 Å². The van der Waals surface area contributed by atoms with Gasteiger partial charge in [0, 0.05) is 24.5 Å². The normalized spacial score (nSPS) is 11.9. The van der Waals surface area contributed by atoms with Crippen LogP contribution in [0.5, 0.6) is 0 Å². The molecule has 0 fully saturated rings. The van der Waals surface area contributed by atoms with Gasteiger partial charge in [0.05, 0.1) is 17.7 Å². The van der Waals surface area contributed by atoms with Crippen molar-refractivity contribution < 1.29 is 9.32 Å². The van der Waals surface area contributed by atoms with Gasteiger partial charge in [0.1, 0.15) is 0 Å². The number of hydrogen-bond acceptors (Lipinski definition) is 3. The maximum atomic E-state index is 13.5. The van der Waals surface area contributed by atoms with Crippen LogP contribution in [0.1, 0.15) is 119 Å². The van der Waals surface area contributed by atoms with Gasteiger partial charge in [0.15, 0.2) is 11.2 Å². The summed E-state index contributed by atoms with van der Waals surface area (Å²) in [5.41, 5.74) is 3.73. The molecule has 0 aliphatic rings. The van der Waals surface area contributed by atoms with E-state index in [1.54, 1.807) is 6.20 Å². The first-order valence-corrected chi connectivity index (χ1v) is 17.6. The molecule has 0 radical (unpaired) electrons. The van der Waals surface area contributed by atoms with Crippen LogP contribution in [0.3, 0.4) is 0 Å². The van der Waals surface area contributed by atoms with E-state index >= 15 is 0 Å². The summed E-state index contributed by atoms with van der Waals surface area (Å²) < 4.78 is 8.06. The average Bonchev–Trinajstić information content (AvgIpc) is 2.84. The number of ketones is 1. The second-order valence-electron chi connectivity index (χ2n) is 11.1. The number of Topliss-reactive ketones (excluding diaryl/α,β-unsaturated/α-hetero) is 1. The van der Waals surface area contributed by atoms with Gasteiger partial charge in [-0.2, -0.15) is 0 Å². The van der Waals surface area contributed by atoms with Gasteiger partial charge < -0.3 is 9.09 Å². The minimum Gasteiger partial charge on any atom is -0.361 e. The summed E-state index contributed by atoms with van der Waals surface area (Å²) in [6.45, 7) is 11.7. The fourth-order valence-corrected chi connectivity index (χ4v) is 5.59. The van der Waals surface area contributed by atoms with Gasteiger partial charge >= 0.3 is 0 Å². The van der Waals surface area contributed by atoms with Gasteiger partial charge in [-0.3, -0.25) is 9.59 Å². The molecule has 2 aromatic rings. The standard InChI is InChI=1S/C32H52NO3P/c1-7-10-11-12-13-14-15-16-17-20-27-23-28-30(24-26(27)18-8-2)33(21-22-36-37(4,5)6)25-29(32(28)35)31(34)19-9-3/h23-25H,4,7-22H2,1-3,5-6H3. The molecule has 1 heterocycles. The van der Waals surface area contributed by atoms with E-state index in [1.807, 2.05) is 20.3 Å². The minimum atomic E-state index is -1.61. The van der Waals surface area contributed by atoms with Crippen molar-refractivity contribution in [3.63, 3.8) is 0 Å². The molecule has 37 heavy (non-hydrogen) atoms. The Labute approximate surface area is 226 Å². The number of rotatable bonds is 19. The van der Waals surface area contributed by atoms with Gasteiger partial charge in [-0.1, -0.05) is 84.9 Å². The highest BCUT2D eigenvalue weighted by molar-refractivity contribution is 7.67. The summed E-state index contributed by atoms with van der Waals surface area (Å²) in [5, 5.41) is 0.677. The second-order valence-corrected chi connectivity index (χ2v) is 14.5. The first-order valence-electron chi connectivity index (χ1n) is 14.8. The first kappa shape index (κ1) is 31.6. The molecule has 5 heteroatoms. The molecule has 208 valence electrons. The SMILES string of the molecule is C=P(C)(C)OCCn1cc(C(=O)CCC)c(=O)c2cc(CCCCCCCCCCC)c(CCC)cc21. The van der Waals surface area contributed by atoms with Gasteiger partial charge in [-0.15, -0.1) is 0 Å². The van der Waals surface area contributed by atoms with Crippen LogP contribution in [0.25, 0.3) is 10.9 Å². The van der Waals surface area contributed by atoms with E-state index in [0.717, 1.165) is 37.6 Å². The molecule has 0 saturated carbocycles. The number of nitrogens with zero attached hydrogens (tertiary/aromatic N) is 1. The number of pyridine rings is 1. The Balaban J connectivity index is 2.29. The minimum absolute atomic E-state index is 0.0628. The predicted molar refractivity (Wildman–Crippen MR) is 164 cm³/mol. The third kappa shape index (κ3) is 10.6. The van der Waals surface area contributed by atoms with E-state index < -0.39 is 7.11 Å². The highest BCUT2D eigenvalue weighted by atomic mass is 31.2. The lowest BCUT2D eigenvalue weighted by molar-refractivity contribution is 0.0980. The quantitative estimate of drug-likeness (QED) is 0.104. The molecular formula is C32H52NO3P. The molecular weight excluding hydrogens is 477 g/mol. The number of aryl methyl sites for hydroxylation is 2. The molecule has 0 aliphatic carbocycles. The molecule has 0 spiro atoms. The monoisotopic (exact) mass is 529 g/mol. The smallest absolute Gasteiger partial charge is 0.200 e. The molecule has 1 aromatic heterocycles. The highest BCUT2D eigenvalue weighted by Crippen LogP contribution is 2.36. The van der Waals surface area contributed by atoms with E-state index in [-0.39, 0.29) is 11.2 Å². The van der Waals surface area contributed by atoms with E-state index in [0.29, 0.717) is 30.5 Å². The van der Waals surface area contributed by atoms with Crippen LogP contribution in [-0.2, 0) is 23.9 Å². The summed E-state index contributed by atoms with van der Waals surface area (Å²) in [6.07, 6.45) is 21.8. The molecule has 0 aliphatic heterocycles. The van der Waals surface area contributed by atoms with Crippen LogP contribution in [-0.4, -0.2) is 36.6 Å². The lowest BCUT2D eigenvalue weighted by Gasteiger charge is -2.19. The van der Waals surface area contributed by atoms with Gasteiger partial charge in [0.25, 0.3) is 0 Å². The van der Waals surface area contributed by atoms with Crippen molar-refractivity contribution in [2.75, 3.05) is 19.9 Å². The molecule has 0 saturated heterocycles. The number of carbonyl (C=O) groups is 1. The van der Waals surface area contributed by atoms with E-state index in [2.05, 4.69) is 36.8 Å². The zero-order valence-corrected chi connectivity index (χ0v) is 25.3. The number of benzene rings is 1. The van der Waals surface area contributed by atoms with Crippen molar-refractivity contribution in [3.8, 4) is 0 Å². The van der Waals surface area contributed by atoms with E-state index in [9.17, 15) is 9.59 Å². The largest absolute Gasteiger partial charge is 0.361 e. The number of fused-ring (bicyclic) bond motifs is 1. The third-order valence-corrected chi connectivity index (χ3v) is 7.90. The zero-order chi connectivity index (χ0) is 27.3. The van der Waals surface area contributed by atoms with Crippen LogP contribution in [0.4, 0.5) is 0 Å². The van der Waals surface area contributed by atoms with E-state index in [1.165, 1.54) is 62.5 Å². The molecule has 0 amide bonds. The predicted octanol–water partition coefficient (Wildman–Crippen LogP) is 8.65. The van der Waals surface area contributed by atoms with Crippen LogP contribution < -0.4 is 5.43 Å². The Kier molecular flexibility index (Phi) is 14.0. The molecule has 0 atom stereocenters. The lowest BCUT2D eigenvalue weighted by Crippen LogP contribution is -2.21.